The molecule has 1 saturated heterocycles. The fraction of sp³-hybridized carbons (Fsp3) is 1.00. The van der Waals surface area contributed by atoms with Gasteiger partial charge < -0.3 is 10.1 Å². The Morgan fingerprint density at radius 3 is 2.42 bits per heavy atom. The Labute approximate surface area is 119 Å². The van der Waals surface area contributed by atoms with E-state index >= 15 is 0 Å². The summed E-state index contributed by atoms with van der Waals surface area (Å²) in [5.74, 6) is 2.61. The molecular formula is C17H33NO. The maximum atomic E-state index is 6.17. The smallest absolute Gasteiger partial charge is 0.0735 e. The molecule has 0 radical (unpaired) electrons. The van der Waals surface area contributed by atoms with E-state index in [4.69, 9.17) is 4.74 Å². The van der Waals surface area contributed by atoms with Crippen LogP contribution < -0.4 is 5.32 Å². The van der Waals surface area contributed by atoms with Crippen molar-refractivity contribution in [1.29, 1.82) is 0 Å². The van der Waals surface area contributed by atoms with Crippen molar-refractivity contribution in [3.8, 4) is 0 Å². The lowest BCUT2D eigenvalue weighted by Crippen LogP contribution is -2.47. The highest BCUT2D eigenvalue weighted by atomic mass is 16.5. The van der Waals surface area contributed by atoms with Crippen LogP contribution in [0, 0.1) is 17.8 Å². The second-order valence-corrected chi connectivity index (χ2v) is 7.07. The molecule has 0 aromatic heterocycles. The van der Waals surface area contributed by atoms with Crippen LogP contribution in [0.1, 0.15) is 66.2 Å². The van der Waals surface area contributed by atoms with Crippen molar-refractivity contribution in [2.75, 3.05) is 6.54 Å². The summed E-state index contributed by atoms with van der Waals surface area (Å²) < 4.78 is 6.17. The van der Waals surface area contributed by atoms with Crippen molar-refractivity contribution >= 4 is 0 Å². The number of hydrogen-bond donors (Lipinski definition) is 1. The van der Waals surface area contributed by atoms with Crippen LogP contribution in [0.5, 0.6) is 0 Å². The van der Waals surface area contributed by atoms with Gasteiger partial charge in [-0.2, -0.15) is 0 Å². The second-order valence-electron chi connectivity index (χ2n) is 7.07. The average Bonchev–Trinajstić information content (AvgIpc) is 2.80. The lowest BCUT2D eigenvalue weighted by Gasteiger charge is -2.39. The molecule has 1 aliphatic heterocycles. The van der Waals surface area contributed by atoms with Crippen LogP contribution in [0.25, 0.3) is 0 Å². The van der Waals surface area contributed by atoms with E-state index in [1.54, 1.807) is 0 Å². The summed E-state index contributed by atoms with van der Waals surface area (Å²) in [6, 6.07) is 0.597. The van der Waals surface area contributed by atoms with Crippen molar-refractivity contribution in [3.63, 3.8) is 0 Å². The average molecular weight is 267 g/mol. The van der Waals surface area contributed by atoms with Gasteiger partial charge in [-0.05, 0) is 63.3 Å². The molecule has 19 heavy (non-hydrogen) atoms. The van der Waals surface area contributed by atoms with Crippen LogP contribution in [0.3, 0.4) is 0 Å². The van der Waals surface area contributed by atoms with Crippen LogP contribution in [0.15, 0.2) is 0 Å². The van der Waals surface area contributed by atoms with Gasteiger partial charge in [0.2, 0.25) is 0 Å². The topological polar surface area (TPSA) is 21.3 Å². The number of hydrogen-bond acceptors (Lipinski definition) is 2. The molecule has 2 heteroatoms. The van der Waals surface area contributed by atoms with Crippen molar-refractivity contribution in [2.45, 2.75) is 84.5 Å². The van der Waals surface area contributed by atoms with E-state index in [0.29, 0.717) is 18.2 Å². The van der Waals surface area contributed by atoms with E-state index in [0.717, 1.165) is 24.3 Å². The molecule has 0 bridgehead atoms. The maximum Gasteiger partial charge on any atom is 0.0735 e. The van der Waals surface area contributed by atoms with Crippen molar-refractivity contribution < 1.29 is 4.74 Å². The molecule has 112 valence electrons. The van der Waals surface area contributed by atoms with E-state index < -0.39 is 0 Å². The van der Waals surface area contributed by atoms with Gasteiger partial charge in [-0.25, -0.2) is 0 Å². The van der Waals surface area contributed by atoms with E-state index in [2.05, 4.69) is 33.0 Å². The molecule has 0 spiro atoms. The van der Waals surface area contributed by atoms with E-state index in [1.165, 1.54) is 38.5 Å². The number of nitrogens with one attached hydrogen (secondary N) is 1. The van der Waals surface area contributed by atoms with E-state index in [9.17, 15) is 0 Å². The van der Waals surface area contributed by atoms with Crippen molar-refractivity contribution in [3.05, 3.63) is 0 Å². The molecule has 2 aliphatic rings. The standard InChI is InChI=1S/C17H33NO/c1-5-10-18-17(16-9-7-14(4)19-16)15-8-6-12(2)13(3)11-15/h12-18H,5-11H2,1-4H3. The second kappa shape index (κ2) is 7.08. The molecule has 6 unspecified atom stereocenters. The van der Waals surface area contributed by atoms with Crippen molar-refractivity contribution in [1.82, 2.24) is 5.32 Å². The minimum Gasteiger partial charge on any atom is -0.374 e. The van der Waals surface area contributed by atoms with Gasteiger partial charge in [-0.3, -0.25) is 0 Å². The molecule has 6 atom stereocenters. The highest BCUT2D eigenvalue weighted by molar-refractivity contribution is 4.91. The summed E-state index contributed by atoms with van der Waals surface area (Å²) >= 11 is 0. The molecule has 2 nitrogen and oxygen atoms in total. The predicted octanol–water partition coefficient (Wildman–Crippen LogP) is 3.99. The summed E-state index contributed by atoms with van der Waals surface area (Å²) in [5, 5.41) is 3.81. The first kappa shape index (κ1) is 15.3. The zero-order valence-corrected chi connectivity index (χ0v) is 13.3. The minimum atomic E-state index is 0.465. The first-order valence-corrected chi connectivity index (χ1v) is 8.50. The van der Waals surface area contributed by atoms with Gasteiger partial charge in [0.15, 0.2) is 0 Å². The normalized spacial score (nSPS) is 41.4. The van der Waals surface area contributed by atoms with Gasteiger partial charge in [-0.15, -0.1) is 0 Å². The molecular weight excluding hydrogens is 234 g/mol. The van der Waals surface area contributed by atoms with Gasteiger partial charge in [-0.1, -0.05) is 27.2 Å². The Balaban J connectivity index is 1.96. The van der Waals surface area contributed by atoms with Gasteiger partial charge in [0.05, 0.1) is 12.2 Å². The third-order valence-corrected chi connectivity index (χ3v) is 5.44. The van der Waals surface area contributed by atoms with Crippen LogP contribution in [-0.4, -0.2) is 24.8 Å². The Kier molecular flexibility index (Phi) is 5.70. The SMILES string of the molecule is CCCNC(C1CCC(C)C(C)C1)C1CCC(C)O1. The summed E-state index contributed by atoms with van der Waals surface area (Å²) in [7, 11) is 0. The third-order valence-electron chi connectivity index (χ3n) is 5.44. The first-order valence-electron chi connectivity index (χ1n) is 8.50. The Bertz CT molecular complexity index is 268. The molecule has 0 aromatic carbocycles. The first-order chi connectivity index (χ1) is 9.11. The third kappa shape index (κ3) is 3.95. The van der Waals surface area contributed by atoms with Gasteiger partial charge in [0, 0.05) is 6.04 Å². The Morgan fingerprint density at radius 1 is 1.05 bits per heavy atom. The van der Waals surface area contributed by atoms with E-state index in [-0.39, 0.29) is 0 Å². The molecule has 1 heterocycles. The predicted molar refractivity (Wildman–Crippen MR) is 81.3 cm³/mol. The summed E-state index contributed by atoms with van der Waals surface area (Å²) in [5.41, 5.74) is 0. The van der Waals surface area contributed by atoms with E-state index in [1.807, 2.05) is 0 Å². The molecule has 1 aliphatic carbocycles. The molecule has 0 amide bonds. The Morgan fingerprint density at radius 2 is 1.84 bits per heavy atom. The molecule has 0 aromatic rings. The highest BCUT2D eigenvalue weighted by Gasteiger charge is 2.37. The molecule has 2 rings (SSSR count). The maximum absolute atomic E-state index is 6.17. The molecule has 1 saturated carbocycles. The van der Waals surface area contributed by atoms with Crippen LogP contribution >= 0.6 is 0 Å². The fourth-order valence-corrected chi connectivity index (χ4v) is 3.93. The Hall–Kier alpha value is -0.0800. The van der Waals surface area contributed by atoms with Crippen LogP contribution in [-0.2, 0) is 4.74 Å². The summed E-state index contributed by atoms with van der Waals surface area (Å²) in [6.45, 7) is 10.5. The fourth-order valence-electron chi connectivity index (χ4n) is 3.93. The lowest BCUT2D eigenvalue weighted by molar-refractivity contribution is 0.00533. The minimum absolute atomic E-state index is 0.465. The summed E-state index contributed by atoms with van der Waals surface area (Å²) in [6.07, 6.45) is 8.83. The molecule has 2 fully saturated rings. The molecule has 1 N–H and O–H groups in total. The monoisotopic (exact) mass is 267 g/mol. The van der Waals surface area contributed by atoms with Gasteiger partial charge in [0.25, 0.3) is 0 Å². The number of rotatable bonds is 5. The lowest BCUT2D eigenvalue weighted by atomic mass is 9.72. The van der Waals surface area contributed by atoms with Crippen LogP contribution in [0.2, 0.25) is 0 Å². The van der Waals surface area contributed by atoms with Gasteiger partial charge in [0.1, 0.15) is 0 Å². The largest absolute Gasteiger partial charge is 0.374 e. The number of ether oxygens (including phenoxy) is 1. The van der Waals surface area contributed by atoms with Crippen LogP contribution in [0.4, 0.5) is 0 Å². The zero-order chi connectivity index (χ0) is 13.8. The summed E-state index contributed by atoms with van der Waals surface area (Å²) in [4.78, 5) is 0. The highest BCUT2D eigenvalue weighted by Crippen LogP contribution is 2.38. The van der Waals surface area contributed by atoms with Crippen molar-refractivity contribution in [2.24, 2.45) is 17.8 Å². The quantitative estimate of drug-likeness (QED) is 0.813. The van der Waals surface area contributed by atoms with Gasteiger partial charge >= 0.3 is 0 Å². The zero-order valence-electron chi connectivity index (χ0n) is 13.3.